The number of rotatable bonds is 16. The Balaban J connectivity index is 2.12. The molecule has 0 radical (unpaired) electrons. The molecule has 3 unspecified atom stereocenters. The Morgan fingerprint density at radius 1 is 0.724 bits per heavy atom. The molecule has 0 aliphatic rings. The zero-order valence-corrected chi connectivity index (χ0v) is 20.2. The first-order valence-electron chi connectivity index (χ1n) is 12.2. The van der Waals surface area contributed by atoms with E-state index in [1.165, 1.54) is 57.8 Å². The Morgan fingerprint density at radius 2 is 1.21 bits per heavy atom. The van der Waals surface area contributed by atoms with E-state index in [2.05, 4.69) is 34.6 Å². The van der Waals surface area contributed by atoms with E-state index in [0.29, 0.717) is 11.7 Å². The minimum atomic E-state index is 0.394. The van der Waals surface area contributed by atoms with Gasteiger partial charge in [0.1, 0.15) is 11.5 Å². The number of ether oxygens (including phenoxy) is 1. The van der Waals surface area contributed by atoms with Crippen molar-refractivity contribution in [1.29, 1.82) is 0 Å². The SMILES string of the molecule is COc1ccc(O)c(CCC(C)CCCC(C)CCCC(C)CCCC(C)C)c1. The van der Waals surface area contributed by atoms with Gasteiger partial charge in [0.15, 0.2) is 0 Å². The summed E-state index contributed by atoms with van der Waals surface area (Å²) in [7, 11) is 1.67. The van der Waals surface area contributed by atoms with E-state index in [4.69, 9.17) is 4.74 Å². The van der Waals surface area contributed by atoms with E-state index in [1.807, 2.05) is 12.1 Å². The molecule has 0 spiro atoms. The van der Waals surface area contributed by atoms with Gasteiger partial charge in [-0.2, -0.15) is 0 Å². The van der Waals surface area contributed by atoms with Crippen LogP contribution in [-0.2, 0) is 6.42 Å². The highest BCUT2D eigenvalue weighted by molar-refractivity contribution is 5.39. The second-order valence-electron chi connectivity index (χ2n) is 10.0. The molecule has 0 saturated heterocycles. The van der Waals surface area contributed by atoms with Gasteiger partial charge < -0.3 is 9.84 Å². The molecule has 168 valence electrons. The zero-order valence-electron chi connectivity index (χ0n) is 20.2. The third-order valence-corrected chi connectivity index (χ3v) is 6.46. The molecule has 0 aliphatic heterocycles. The van der Waals surface area contributed by atoms with Crippen molar-refractivity contribution in [2.45, 2.75) is 105 Å². The van der Waals surface area contributed by atoms with Gasteiger partial charge in [-0.3, -0.25) is 0 Å². The Morgan fingerprint density at radius 3 is 1.69 bits per heavy atom. The van der Waals surface area contributed by atoms with E-state index in [9.17, 15) is 5.11 Å². The van der Waals surface area contributed by atoms with Crippen molar-refractivity contribution >= 4 is 0 Å². The van der Waals surface area contributed by atoms with E-state index in [0.717, 1.165) is 41.9 Å². The van der Waals surface area contributed by atoms with E-state index >= 15 is 0 Å². The molecule has 0 saturated carbocycles. The summed E-state index contributed by atoms with van der Waals surface area (Å²) < 4.78 is 5.27. The fraction of sp³-hybridized carbons (Fsp3) is 0.778. The quantitative estimate of drug-likeness (QED) is 0.299. The van der Waals surface area contributed by atoms with Crippen LogP contribution in [0.4, 0.5) is 0 Å². The summed E-state index contributed by atoms with van der Waals surface area (Å²) in [6, 6.07) is 5.52. The third kappa shape index (κ3) is 12.2. The number of aromatic hydroxyl groups is 1. The maximum Gasteiger partial charge on any atom is 0.119 e. The van der Waals surface area contributed by atoms with Gasteiger partial charge >= 0.3 is 0 Å². The zero-order chi connectivity index (χ0) is 21.6. The summed E-state index contributed by atoms with van der Waals surface area (Å²) in [5, 5.41) is 10.0. The first-order valence-corrected chi connectivity index (χ1v) is 12.2. The van der Waals surface area contributed by atoms with Gasteiger partial charge in [0.2, 0.25) is 0 Å². The number of phenols is 1. The van der Waals surface area contributed by atoms with Crippen molar-refractivity contribution in [3.05, 3.63) is 23.8 Å². The van der Waals surface area contributed by atoms with Gasteiger partial charge in [-0.1, -0.05) is 92.4 Å². The van der Waals surface area contributed by atoms with Crippen LogP contribution in [0, 0.1) is 23.7 Å². The van der Waals surface area contributed by atoms with Crippen LogP contribution < -0.4 is 4.74 Å². The Hall–Kier alpha value is -1.18. The van der Waals surface area contributed by atoms with Gasteiger partial charge in [-0.25, -0.2) is 0 Å². The second-order valence-corrected chi connectivity index (χ2v) is 10.0. The minimum absolute atomic E-state index is 0.394. The van der Waals surface area contributed by atoms with Crippen molar-refractivity contribution in [2.75, 3.05) is 7.11 Å². The summed E-state index contributed by atoms with van der Waals surface area (Å²) in [5.74, 6) is 4.53. The molecule has 3 atom stereocenters. The maximum absolute atomic E-state index is 10.0. The molecule has 0 aliphatic carbocycles. The third-order valence-electron chi connectivity index (χ3n) is 6.46. The minimum Gasteiger partial charge on any atom is -0.508 e. The highest BCUT2D eigenvalue weighted by Crippen LogP contribution is 2.27. The van der Waals surface area contributed by atoms with E-state index in [1.54, 1.807) is 13.2 Å². The molecule has 1 rings (SSSR count). The molecule has 0 heterocycles. The lowest BCUT2D eigenvalue weighted by atomic mass is 9.90. The maximum atomic E-state index is 10.0. The van der Waals surface area contributed by atoms with Crippen molar-refractivity contribution in [2.24, 2.45) is 23.7 Å². The largest absolute Gasteiger partial charge is 0.508 e. The first kappa shape index (κ1) is 25.9. The summed E-state index contributed by atoms with van der Waals surface area (Å²) in [4.78, 5) is 0. The van der Waals surface area contributed by atoms with Crippen molar-refractivity contribution in [3.63, 3.8) is 0 Å². The first-order chi connectivity index (χ1) is 13.8. The average Bonchev–Trinajstić information content (AvgIpc) is 2.67. The predicted molar refractivity (Wildman–Crippen MR) is 127 cm³/mol. The van der Waals surface area contributed by atoms with Crippen LogP contribution in [0.25, 0.3) is 0 Å². The number of aryl methyl sites for hydroxylation is 1. The Bertz CT molecular complexity index is 537. The predicted octanol–water partition coefficient (Wildman–Crippen LogP) is 8.41. The Kier molecular flexibility index (Phi) is 13.1. The summed E-state index contributed by atoms with van der Waals surface area (Å²) in [6.45, 7) is 11.9. The normalized spacial score (nSPS) is 14.7. The molecular weight excluding hydrogens is 356 g/mol. The fourth-order valence-corrected chi connectivity index (χ4v) is 4.23. The van der Waals surface area contributed by atoms with Gasteiger partial charge in [0, 0.05) is 0 Å². The smallest absolute Gasteiger partial charge is 0.119 e. The van der Waals surface area contributed by atoms with Gasteiger partial charge in [-0.15, -0.1) is 0 Å². The van der Waals surface area contributed by atoms with Crippen LogP contribution in [0.5, 0.6) is 11.5 Å². The second kappa shape index (κ2) is 14.7. The van der Waals surface area contributed by atoms with Crippen molar-refractivity contribution in [1.82, 2.24) is 0 Å². The lowest BCUT2D eigenvalue weighted by molar-refractivity contribution is 0.373. The van der Waals surface area contributed by atoms with Gasteiger partial charge in [0.05, 0.1) is 7.11 Å². The number of benzene rings is 1. The fourth-order valence-electron chi connectivity index (χ4n) is 4.23. The number of hydrogen-bond donors (Lipinski definition) is 1. The number of phenolic OH excluding ortho intramolecular Hbond substituents is 1. The van der Waals surface area contributed by atoms with Crippen LogP contribution >= 0.6 is 0 Å². The molecule has 1 aromatic rings. The van der Waals surface area contributed by atoms with E-state index < -0.39 is 0 Å². The van der Waals surface area contributed by atoms with Crippen LogP contribution in [0.3, 0.4) is 0 Å². The molecule has 29 heavy (non-hydrogen) atoms. The Labute approximate surface area is 181 Å². The highest BCUT2D eigenvalue weighted by Gasteiger charge is 2.10. The highest BCUT2D eigenvalue weighted by atomic mass is 16.5. The van der Waals surface area contributed by atoms with Crippen molar-refractivity contribution in [3.8, 4) is 11.5 Å². The van der Waals surface area contributed by atoms with Crippen LogP contribution in [0.1, 0.15) is 104 Å². The average molecular weight is 405 g/mol. The molecular formula is C27H48O2. The van der Waals surface area contributed by atoms with E-state index in [-0.39, 0.29) is 0 Å². The van der Waals surface area contributed by atoms with Crippen LogP contribution in [0.2, 0.25) is 0 Å². The lowest BCUT2D eigenvalue weighted by Crippen LogP contribution is -2.02. The number of hydrogen-bond acceptors (Lipinski definition) is 2. The molecule has 2 nitrogen and oxygen atoms in total. The van der Waals surface area contributed by atoms with Gasteiger partial charge in [-0.05, 0) is 60.3 Å². The van der Waals surface area contributed by atoms with Gasteiger partial charge in [0.25, 0.3) is 0 Å². The molecule has 0 bridgehead atoms. The summed E-state index contributed by atoms with van der Waals surface area (Å²) in [6.07, 6.45) is 14.4. The van der Waals surface area contributed by atoms with Crippen LogP contribution in [-0.4, -0.2) is 12.2 Å². The standard InChI is InChI=1S/C27H48O2/c1-21(2)10-7-11-22(3)12-8-13-23(4)14-9-15-24(5)16-17-25-20-26(29-6)18-19-27(25)28/h18-24,28H,7-17H2,1-6H3. The molecule has 1 N–H and O–H groups in total. The monoisotopic (exact) mass is 404 g/mol. The number of methoxy groups -OCH3 is 1. The molecule has 0 aromatic heterocycles. The molecule has 2 heteroatoms. The molecule has 1 aromatic carbocycles. The van der Waals surface area contributed by atoms with Crippen LogP contribution in [0.15, 0.2) is 18.2 Å². The molecule has 0 fully saturated rings. The van der Waals surface area contributed by atoms with Crippen molar-refractivity contribution < 1.29 is 9.84 Å². The summed E-state index contributed by atoms with van der Waals surface area (Å²) in [5.41, 5.74) is 1.01. The summed E-state index contributed by atoms with van der Waals surface area (Å²) >= 11 is 0. The topological polar surface area (TPSA) is 29.5 Å². The lowest BCUT2D eigenvalue weighted by Gasteiger charge is -2.16. The molecule has 0 amide bonds.